The first-order valence-electron chi connectivity index (χ1n) is 8.46. The van der Waals surface area contributed by atoms with Crippen molar-refractivity contribution in [1.82, 2.24) is 15.2 Å². The van der Waals surface area contributed by atoms with Crippen LogP contribution in [0.5, 0.6) is 0 Å². The first-order valence-corrected chi connectivity index (χ1v) is 9.28. The Balaban J connectivity index is 1.47. The quantitative estimate of drug-likeness (QED) is 0.778. The van der Waals surface area contributed by atoms with E-state index in [0.717, 1.165) is 34.1 Å². The number of thiazole rings is 1. The fourth-order valence-electron chi connectivity index (χ4n) is 3.05. The number of nitrogens with zero attached hydrogens (tertiary/aromatic N) is 4. The average molecular weight is 353 g/mol. The summed E-state index contributed by atoms with van der Waals surface area (Å²) in [5, 5.41) is 12.2. The van der Waals surface area contributed by atoms with Crippen molar-refractivity contribution in [2.24, 2.45) is 0 Å². The highest BCUT2D eigenvalue weighted by molar-refractivity contribution is 7.18. The van der Waals surface area contributed by atoms with Crippen molar-refractivity contribution in [2.75, 3.05) is 23.3 Å². The van der Waals surface area contributed by atoms with E-state index < -0.39 is 0 Å². The van der Waals surface area contributed by atoms with Crippen molar-refractivity contribution in [3.8, 4) is 0 Å². The van der Waals surface area contributed by atoms with Crippen LogP contribution in [0.15, 0.2) is 30.3 Å². The van der Waals surface area contributed by atoms with Crippen molar-refractivity contribution in [2.45, 2.75) is 26.2 Å². The Morgan fingerprint density at radius 2 is 1.96 bits per heavy atom. The summed E-state index contributed by atoms with van der Waals surface area (Å²) in [6.07, 6.45) is 3.64. The van der Waals surface area contributed by atoms with Crippen LogP contribution in [0, 0.1) is 6.92 Å². The van der Waals surface area contributed by atoms with Crippen LogP contribution >= 0.6 is 11.3 Å². The van der Waals surface area contributed by atoms with Gasteiger partial charge in [-0.25, -0.2) is 4.98 Å². The van der Waals surface area contributed by atoms with Gasteiger partial charge in [-0.2, -0.15) is 0 Å². The molecule has 1 aliphatic heterocycles. The van der Waals surface area contributed by atoms with Gasteiger partial charge in [-0.3, -0.25) is 4.79 Å². The molecule has 7 heteroatoms. The summed E-state index contributed by atoms with van der Waals surface area (Å²) < 4.78 is 1.11. The maximum absolute atomic E-state index is 12.4. The first-order chi connectivity index (χ1) is 12.2. The number of benzene rings is 1. The van der Waals surface area contributed by atoms with E-state index in [-0.39, 0.29) is 5.91 Å². The monoisotopic (exact) mass is 353 g/mol. The number of nitrogens with one attached hydrogen (secondary N) is 1. The van der Waals surface area contributed by atoms with E-state index in [9.17, 15) is 4.79 Å². The third-order valence-corrected chi connectivity index (χ3v) is 5.27. The predicted molar refractivity (Wildman–Crippen MR) is 100 cm³/mol. The van der Waals surface area contributed by atoms with Gasteiger partial charge in [0.1, 0.15) is 0 Å². The van der Waals surface area contributed by atoms with Crippen molar-refractivity contribution < 1.29 is 4.79 Å². The van der Waals surface area contributed by atoms with Crippen LogP contribution in [-0.2, 0) is 0 Å². The van der Waals surface area contributed by atoms with Gasteiger partial charge in [0.2, 0.25) is 0 Å². The number of rotatable bonds is 3. The number of anilines is 2. The molecule has 2 aromatic heterocycles. The van der Waals surface area contributed by atoms with Crippen LogP contribution < -0.4 is 10.2 Å². The van der Waals surface area contributed by atoms with Crippen LogP contribution in [-0.4, -0.2) is 34.2 Å². The molecule has 6 nitrogen and oxygen atoms in total. The van der Waals surface area contributed by atoms with Gasteiger partial charge in [0.15, 0.2) is 11.5 Å². The molecule has 25 heavy (non-hydrogen) atoms. The predicted octanol–water partition coefficient (Wildman–Crippen LogP) is 3.64. The molecule has 0 unspecified atom stereocenters. The Morgan fingerprint density at radius 1 is 1.12 bits per heavy atom. The summed E-state index contributed by atoms with van der Waals surface area (Å²) in [5.41, 5.74) is 1.92. The van der Waals surface area contributed by atoms with Gasteiger partial charge < -0.3 is 10.2 Å². The van der Waals surface area contributed by atoms with E-state index in [1.54, 1.807) is 17.4 Å². The number of piperidine rings is 1. The molecule has 0 saturated carbocycles. The van der Waals surface area contributed by atoms with Crippen molar-refractivity contribution in [3.05, 3.63) is 41.0 Å². The van der Waals surface area contributed by atoms with Gasteiger partial charge in [-0.15, -0.1) is 21.5 Å². The molecule has 4 rings (SSSR count). The molecule has 1 fully saturated rings. The lowest BCUT2D eigenvalue weighted by Crippen LogP contribution is -2.30. The average Bonchev–Trinajstić information content (AvgIpc) is 3.02. The summed E-state index contributed by atoms with van der Waals surface area (Å²) in [4.78, 5) is 19.1. The van der Waals surface area contributed by atoms with E-state index in [4.69, 9.17) is 0 Å². The van der Waals surface area contributed by atoms with Crippen molar-refractivity contribution in [3.63, 3.8) is 0 Å². The first kappa shape index (κ1) is 16.0. The zero-order valence-corrected chi connectivity index (χ0v) is 14.8. The normalized spacial score (nSPS) is 14.7. The lowest BCUT2D eigenvalue weighted by molar-refractivity contribution is 0.102. The van der Waals surface area contributed by atoms with Gasteiger partial charge in [0.05, 0.1) is 15.2 Å². The Kier molecular flexibility index (Phi) is 4.31. The molecule has 3 heterocycles. The second-order valence-corrected chi connectivity index (χ2v) is 7.43. The second kappa shape index (κ2) is 6.76. The third-order valence-electron chi connectivity index (χ3n) is 4.32. The van der Waals surface area contributed by atoms with Crippen LogP contribution in [0.25, 0.3) is 10.2 Å². The lowest BCUT2D eigenvalue weighted by atomic mass is 10.1. The van der Waals surface area contributed by atoms with E-state index in [0.29, 0.717) is 11.4 Å². The Morgan fingerprint density at radius 3 is 2.72 bits per heavy atom. The second-order valence-electron chi connectivity index (χ2n) is 6.19. The Bertz CT molecular complexity index is 899. The maximum atomic E-state index is 12.4. The summed E-state index contributed by atoms with van der Waals surface area (Å²) in [6, 6.07) is 9.35. The molecule has 1 N–H and O–H groups in total. The molecule has 1 amide bonds. The number of aromatic nitrogens is 3. The number of hydrogen-bond donors (Lipinski definition) is 1. The number of hydrogen-bond acceptors (Lipinski definition) is 6. The Labute approximate surface area is 149 Å². The summed E-state index contributed by atoms with van der Waals surface area (Å²) in [5.74, 6) is 0.583. The number of fused-ring (bicyclic) bond motifs is 1. The number of aryl methyl sites for hydroxylation is 1. The molecule has 1 saturated heterocycles. The highest BCUT2D eigenvalue weighted by Gasteiger charge is 2.14. The zero-order chi connectivity index (χ0) is 17.2. The highest BCUT2D eigenvalue weighted by atomic mass is 32.1. The number of carbonyl (C=O) groups is 1. The fourth-order valence-corrected chi connectivity index (χ4v) is 3.86. The van der Waals surface area contributed by atoms with E-state index >= 15 is 0 Å². The molecule has 0 bridgehead atoms. The topological polar surface area (TPSA) is 71.0 Å². The maximum Gasteiger partial charge on any atom is 0.276 e. The van der Waals surface area contributed by atoms with Gasteiger partial charge in [-0.05, 0) is 56.5 Å². The summed E-state index contributed by atoms with van der Waals surface area (Å²) >= 11 is 1.64. The van der Waals surface area contributed by atoms with E-state index in [1.165, 1.54) is 19.3 Å². The molecule has 0 spiro atoms. The minimum atomic E-state index is -0.260. The lowest BCUT2D eigenvalue weighted by Gasteiger charge is -2.27. The zero-order valence-electron chi connectivity index (χ0n) is 14.0. The number of carbonyl (C=O) groups excluding carboxylic acids is 1. The minimum Gasteiger partial charge on any atom is -0.355 e. The SMILES string of the molecule is Cc1nc2cc(NC(=O)c3ccc(N4CCCCC4)nn3)ccc2s1. The Hall–Kier alpha value is -2.54. The fraction of sp³-hybridized carbons (Fsp3) is 0.333. The van der Waals surface area contributed by atoms with Crippen molar-refractivity contribution in [1.29, 1.82) is 0 Å². The largest absolute Gasteiger partial charge is 0.355 e. The number of amides is 1. The molecule has 0 atom stereocenters. The van der Waals surface area contributed by atoms with E-state index in [1.807, 2.05) is 31.2 Å². The molecular weight excluding hydrogens is 334 g/mol. The van der Waals surface area contributed by atoms with Crippen LogP contribution in [0.4, 0.5) is 11.5 Å². The summed E-state index contributed by atoms with van der Waals surface area (Å²) in [7, 11) is 0. The molecule has 3 aromatic rings. The highest BCUT2D eigenvalue weighted by Crippen LogP contribution is 2.24. The molecule has 0 aliphatic carbocycles. The minimum absolute atomic E-state index is 0.260. The summed E-state index contributed by atoms with van der Waals surface area (Å²) in [6.45, 7) is 3.99. The van der Waals surface area contributed by atoms with Crippen LogP contribution in [0.2, 0.25) is 0 Å². The molecule has 128 valence electrons. The smallest absolute Gasteiger partial charge is 0.276 e. The van der Waals surface area contributed by atoms with Crippen LogP contribution in [0.1, 0.15) is 34.8 Å². The third kappa shape index (κ3) is 3.46. The molecular formula is C18H19N5OS. The van der Waals surface area contributed by atoms with Gasteiger partial charge in [-0.1, -0.05) is 0 Å². The molecule has 1 aromatic carbocycles. The molecule has 0 radical (unpaired) electrons. The standard InChI is InChI=1S/C18H19N5OS/c1-12-19-15-11-13(5-7-16(15)25-12)20-18(24)14-6-8-17(22-21-14)23-9-3-2-4-10-23/h5-8,11H,2-4,9-10H2,1H3,(H,20,24). The van der Waals surface area contributed by atoms with Crippen molar-refractivity contribution >= 4 is 39.0 Å². The van der Waals surface area contributed by atoms with Gasteiger partial charge in [0.25, 0.3) is 5.91 Å². The van der Waals surface area contributed by atoms with Gasteiger partial charge >= 0.3 is 0 Å². The van der Waals surface area contributed by atoms with Crippen LogP contribution in [0.3, 0.4) is 0 Å². The van der Waals surface area contributed by atoms with E-state index in [2.05, 4.69) is 25.4 Å². The van der Waals surface area contributed by atoms with Gasteiger partial charge in [0, 0.05) is 18.8 Å². The molecule has 1 aliphatic rings.